The first-order chi connectivity index (χ1) is 5.81. The van der Waals surface area contributed by atoms with E-state index in [-0.39, 0.29) is 5.95 Å². The zero-order chi connectivity index (χ0) is 8.55. The van der Waals surface area contributed by atoms with Gasteiger partial charge in [-0.2, -0.15) is 4.98 Å². The van der Waals surface area contributed by atoms with Gasteiger partial charge in [-0.25, -0.2) is 4.98 Å². The number of methoxy groups -OCH3 is 1. The molecule has 6 nitrogen and oxygen atoms in total. The molecule has 0 saturated carbocycles. The Balaban J connectivity index is 2.73. The first kappa shape index (κ1) is 6.84. The topological polar surface area (TPSA) is 89.7 Å². The fourth-order valence-corrected chi connectivity index (χ4v) is 0.957. The minimum absolute atomic E-state index is 0.216. The highest BCUT2D eigenvalue weighted by molar-refractivity contribution is 5.80. The lowest BCUT2D eigenvalue weighted by Crippen LogP contribution is -1.93. The zero-order valence-corrected chi connectivity index (χ0v) is 6.40. The average molecular weight is 165 g/mol. The third-order valence-corrected chi connectivity index (χ3v) is 1.49. The second kappa shape index (κ2) is 2.33. The van der Waals surface area contributed by atoms with Gasteiger partial charge in [0.2, 0.25) is 11.8 Å². The molecule has 3 N–H and O–H groups in total. The molecule has 6 heteroatoms. The van der Waals surface area contributed by atoms with E-state index >= 15 is 0 Å². The molecular weight excluding hydrogens is 158 g/mol. The molecule has 0 aromatic carbocycles. The van der Waals surface area contributed by atoms with Gasteiger partial charge < -0.3 is 10.5 Å². The number of hydrogen-bond acceptors (Lipinski definition) is 5. The van der Waals surface area contributed by atoms with E-state index in [1.807, 2.05) is 0 Å². The van der Waals surface area contributed by atoms with Gasteiger partial charge in [-0.05, 0) is 0 Å². The van der Waals surface area contributed by atoms with Crippen LogP contribution in [0.2, 0.25) is 0 Å². The van der Waals surface area contributed by atoms with Gasteiger partial charge in [0.25, 0.3) is 0 Å². The number of aromatic nitrogens is 4. The fourth-order valence-electron chi connectivity index (χ4n) is 0.957. The van der Waals surface area contributed by atoms with Gasteiger partial charge in [0, 0.05) is 6.20 Å². The highest BCUT2D eigenvalue weighted by Gasteiger charge is 2.06. The van der Waals surface area contributed by atoms with Crippen LogP contribution in [-0.4, -0.2) is 27.3 Å². The van der Waals surface area contributed by atoms with E-state index in [4.69, 9.17) is 10.5 Å². The van der Waals surface area contributed by atoms with Crippen LogP contribution in [0.25, 0.3) is 11.0 Å². The standard InChI is InChI=1S/C6H7N5O/c1-12-5-3-2-8-6(7)9-4(3)10-11-5/h2H,1H3,(H3,7,8,9,10,11). The van der Waals surface area contributed by atoms with E-state index in [0.717, 1.165) is 5.39 Å². The molecule has 0 aliphatic carbocycles. The molecule has 0 atom stereocenters. The van der Waals surface area contributed by atoms with Crippen LogP contribution in [-0.2, 0) is 0 Å². The van der Waals surface area contributed by atoms with Crippen LogP contribution >= 0.6 is 0 Å². The number of H-pyrrole nitrogens is 1. The first-order valence-electron chi connectivity index (χ1n) is 3.32. The number of ether oxygens (including phenoxy) is 1. The van der Waals surface area contributed by atoms with Crippen molar-refractivity contribution >= 4 is 17.0 Å². The van der Waals surface area contributed by atoms with Gasteiger partial charge in [0.1, 0.15) is 5.39 Å². The van der Waals surface area contributed by atoms with E-state index in [1.54, 1.807) is 6.20 Å². The van der Waals surface area contributed by atoms with Crippen molar-refractivity contribution in [3.8, 4) is 5.88 Å². The number of hydrogen-bond donors (Lipinski definition) is 2. The van der Waals surface area contributed by atoms with Crippen molar-refractivity contribution in [3.63, 3.8) is 0 Å². The maximum Gasteiger partial charge on any atom is 0.243 e. The Morgan fingerprint density at radius 2 is 2.42 bits per heavy atom. The maximum absolute atomic E-state index is 5.36. The fraction of sp³-hybridized carbons (Fsp3) is 0.167. The Labute approximate surface area is 67.8 Å². The maximum atomic E-state index is 5.36. The summed E-state index contributed by atoms with van der Waals surface area (Å²) in [6.07, 6.45) is 1.57. The molecule has 0 spiro atoms. The van der Waals surface area contributed by atoms with Crippen molar-refractivity contribution in [2.24, 2.45) is 0 Å². The Bertz CT molecular complexity index is 409. The second-order valence-electron chi connectivity index (χ2n) is 2.22. The molecule has 12 heavy (non-hydrogen) atoms. The third-order valence-electron chi connectivity index (χ3n) is 1.49. The van der Waals surface area contributed by atoms with Crippen molar-refractivity contribution in [2.45, 2.75) is 0 Å². The molecule has 0 aliphatic rings. The number of nitrogens with two attached hydrogens (primary N) is 1. The summed E-state index contributed by atoms with van der Waals surface area (Å²) in [5.74, 6) is 0.693. The van der Waals surface area contributed by atoms with Crippen molar-refractivity contribution in [2.75, 3.05) is 12.8 Å². The molecule has 0 aliphatic heterocycles. The molecule has 0 bridgehead atoms. The van der Waals surface area contributed by atoms with Crippen LogP contribution in [0.1, 0.15) is 0 Å². The summed E-state index contributed by atoms with van der Waals surface area (Å²) < 4.78 is 4.94. The van der Waals surface area contributed by atoms with Gasteiger partial charge >= 0.3 is 0 Å². The Hall–Kier alpha value is -1.85. The Morgan fingerprint density at radius 3 is 3.17 bits per heavy atom. The number of anilines is 1. The Morgan fingerprint density at radius 1 is 1.58 bits per heavy atom. The molecule has 0 amide bonds. The minimum atomic E-state index is 0.216. The van der Waals surface area contributed by atoms with Crippen molar-refractivity contribution < 1.29 is 4.74 Å². The number of nitrogens with zero attached hydrogens (tertiary/aromatic N) is 3. The first-order valence-corrected chi connectivity index (χ1v) is 3.32. The van der Waals surface area contributed by atoms with Gasteiger partial charge in [0.15, 0.2) is 5.65 Å². The van der Waals surface area contributed by atoms with E-state index in [2.05, 4.69) is 20.2 Å². The number of rotatable bonds is 1. The largest absolute Gasteiger partial charge is 0.479 e. The number of nitrogen functional groups attached to an aromatic ring is 1. The molecular formula is C6H7N5O. The summed E-state index contributed by atoms with van der Waals surface area (Å²) in [5, 5.41) is 7.25. The molecule has 2 aromatic rings. The molecule has 2 aromatic heterocycles. The predicted molar refractivity (Wildman–Crippen MR) is 42.6 cm³/mol. The van der Waals surface area contributed by atoms with Crippen LogP contribution in [0.5, 0.6) is 5.88 Å². The smallest absolute Gasteiger partial charge is 0.243 e. The molecule has 0 fully saturated rings. The summed E-state index contributed by atoms with van der Waals surface area (Å²) in [4.78, 5) is 7.73. The molecule has 2 heterocycles. The number of fused-ring (bicyclic) bond motifs is 1. The van der Waals surface area contributed by atoms with Gasteiger partial charge in [-0.3, -0.25) is 5.10 Å². The van der Waals surface area contributed by atoms with E-state index < -0.39 is 0 Å². The van der Waals surface area contributed by atoms with Crippen LogP contribution < -0.4 is 10.5 Å². The normalized spacial score (nSPS) is 10.4. The van der Waals surface area contributed by atoms with Gasteiger partial charge in [-0.15, -0.1) is 5.10 Å². The quantitative estimate of drug-likeness (QED) is 0.618. The highest BCUT2D eigenvalue weighted by atomic mass is 16.5. The van der Waals surface area contributed by atoms with Crippen LogP contribution in [0, 0.1) is 0 Å². The lowest BCUT2D eigenvalue weighted by atomic mass is 10.4. The molecule has 0 saturated heterocycles. The molecule has 0 radical (unpaired) electrons. The van der Waals surface area contributed by atoms with E-state index in [9.17, 15) is 0 Å². The van der Waals surface area contributed by atoms with Crippen LogP contribution in [0.15, 0.2) is 6.20 Å². The van der Waals surface area contributed by atoms with Crippen LogP contribution in [0.3, 0.4) is 0 Å². The number of aromatic amines is 1. The third kappa shape index (κ3) is 0.849. The molecule has 0 unspecified atom stereocenters. The number of nitrogens with one attached hydrogen (secondary N) is 1. The van der Waals surface area contributed by atoms with Crippen molar-refractivity contribution in [1.82, 2.24) is 20.2 Å². The summed E-state index contributed by atoms with van der Waals surface area (Å²) in [6.45, 7) is 0. The summed E-state index contributed by atoms with van der Waals surface area (Å²) in [7, 11) is 1.53. The minimum Gasteiger partial charge on any atom is -0.479 e. The van der Waals surface area contributed by atoms with E-state index in [0.29, 0.717) is 11.5 Å². The SMILES string of the molecule is COc1n[nH]c2nc(N)ncc12. The highest BCUT2D eigenvalue weighted by Crippen LogP contribution is 2.19. The van der Waals surface area contributed by atoms with Gasteiger partial charge in [0.05, 0.1) is 7.11 Å². The summed E-state index contributed by atoms with van der Waals surface area (Å²) >= 11 is 0. The van der Waals surface area contributed by atoms with Crippen molar-refractivity contribution in [3.05, 3.63) is 6.20 Å². The lowest BCUT2D eigenvalue weighted by Gasteiger charge is -1.92. The summed E-state index contributed by atoms with van der Waals surface area (Å²) in [5.41, 5.74) is 5.95. The molecule has 2 rings (SSSR count). The monoisotopic (exact) mass is 165 g/mol. The van der Waals surface area contributed by atoms with Crippen molar-refractivity contribution in [1.29, 1.82) is 0 Å². The Kier molecular flexibility index (Phi) is 1.33. The second-order valence-corrected chi connectivity index (χ2v) is 2.22. The van der Waals surface area contributed by atoms with Gasteiger partial charge in [-0.1, -0.05) is 0 Å². The molecule has 62 valence electrons. The lowest BCUT2D eigenvalue weighted by molar-refractivity contribution is 0.401. The summed E-state index contributed by atoms with van der Waals surface area (Å²) in [6, 6.07) is 0. The van der Waals surface area contributed by atoms with Crippen LogP contribution in [0.4, 0.5) is 5.95 Å². The predicted octanol–water partition coefficient (Wildman–Crippen LogP) is -0.0563. The average Bonchev–Trinajstić information content (AvgIpc) is 2.46. The zero-order valence-electron chi connectivity index (χ0n) is 6.40. The van der Waals surface area contributed by atoms with E-state index in [1.165, 1.54) is 7.11 Å².